The molecule has 1 rings (SSSR count). The van der Waals surface area contributed by atoms with Crippen LogP contribution in [0.25, 0.3) is 0 Å². The minimum absolute atomic E-state index is 0.0697. The predicted molar refractivity (Wildman–Crippen MR) is 67.2 cm³/mol. The Morgan fingerprint density at radius 2 is 1.94 bits per heavy atom. The Morgan fingerprint density at radius 1 is 1.24 bits per heavy atom. The van der Waals surface area contributed by atoms with Crippen LogP contribution in [0.4, 0.5) is 8.78 Å². The summed E-state index contributed by atoms with van der Waals surface area (Å²) < 4.78 is 25.6. The van der Waals surface area contributed by atoms with Crippen molar-refractivity contribution in [2.24, 2.45) is 5.92 Å². The Kier molecular flexibility index (Phi) is 5.86. The largest absolute Gasteiger partial charge is 0.311 e. The van der Waals surface area contributed by atoms with E-state index in [4.69, 9.17) is 11.6 Å². The first-order valence-corrected chi connectivity index (χ1v) is 6.21. The first kappa shape index (κ1) is 14.4. The highest BCUT2D eigenvalue weighted by Gasteiger charge is 2.07. The number of halogens is 3. The van der Waals surface area contributed by atoms with Crippen molar-refractivity contribution >= 4 is 11.6 Å². The number of nitrogens with one attached hydrogen (secondary N) is 1. The summed E-state index contributed by atoms with van der Waals surface area (Å²) in [6.07, 6.45) is 0.937. The van der Waals surface area contributed by atoms with Crippen LogP contribution in [0.2, 0.25) is 0 Å². The Bertz CT molecular complexity index is 355. The molecule has 1 aromatic rings. The van der Waals surface area contributed by atoms with Gasteiger partial charge < -0.3 is 5.32 Å². The summed E-state index contributed by atoms with van der Waals surface area (Å²) in [5.41, 5.74) is 0.720. The summed E-state index contributed by atoms with van der Waals surface area (Å²) in [5, 5.41) is 3.20. The number of rotatable bonds is 6. The second-order valence-corrected chi connectivity index (χ2v) is 5.22. The predicted octanol–water partition coefficient (Wildman–Crippen LogP) is 3.71. The molecule has 1 aromatic carbocycles. The molecule has 0 bridgehead atoms. The summed E-state index contributed by atoms with van der Waals surface area (Å²) in [4.78, 5) is 0. The molecule has 0 fully saturated rings. The van der Waals surface area contributed by atoms with Crippen molar-refractivity contribution in [2.75, 3.05) is 6.54 Å². The van der Waals surface area contributed by atoms with E-state index in [1.807, 2.05) is 0 Å². The van der Waals surface area contributed by atoms with Crippen LogP contribution >= 0.6 is 11.6 Å². The van der Waals surface area contributed by atoms with Crippen molar-refractivity contribution < 1.29 is 8.78 Å². The van der Waals surface area contributed by atoms with Crippen LogP contribution in [0.3, 0.4) is 0 Å². The number of benzene rings is 1. The molecular weight excluding hydrogens is 244 g/mol. The van der Waals surface area contributed by atoms with Crippen molar-refractivity contribution in [2.45, 2.75) is 32.2 Å². The van der Waals surface area contributed by atoms with Gasteiger partial charge in [-0.3, -0.25) is 0 Å². The molecule has 1 N–H and O–H groups in total. The highest BCUT2D eigenvalue weighted by atomic mass is 35.5. The van der Waals surface area contributed by atoms with Crippen LogP contribution in [0.1, 0.15) is 25.8 Å². The molecule has 1 nitrogen and oxygen atoms in total. The van der Waals surface area contributed by atoms with E-state index in [0.29, 0.717) is 19.0 Å². The zero-order valence-corrected chi connectivity index (χ0v) is 10.9. The number of hydrogen-bond acceptors (Lipinski definition) is 1. The molecule has 0 saturated heterocycles. The van der Waals surface area contributed by atoms with E-state index >= 15 is 0 Å². The van der Waals surface area contributed by atoms with Crippen molar-refractivity contribution in [1.29, 1.82) is 0 Å². The molecule has 0 heterocycles. The molecule has 17 heavy (non-hydrogen) atoms. The Hall–Kier alpha value is -0.670. The van der Waals surface area contributed by atoms with Gasteiger partial charge in [-0.05, 0) is 30.0 Å². The normalized spacial score (nSPS) is 13.1. The van der Waals surface area contributed by atoms with Gasteiger partial charge in [-0.15, -0.1) is 11.6 Å². The third-order valence-electron chi connectivity index (χ3n) is 2.41. The third-order valence-corrected chi connectivity index (χ3v) is 2.74. The van der Waals surface area contributed by atoms with Crippen molar-refractivity contribution in [3.63, 3.8) is 0 Å². The van der Waals surface area contributed by atoms with Crippen LogP contribution in [-0.2, 0) is 6.54 Å². The lowest BCUT2D eigenvalue weighted by Gasteiger charge is -2.13. The summed E-state index contributed by atoms with van der Waals surface area (Å²) in [6, 6.07) is 3.91. The molecule has 4 heteroatoms. The van der Waals surface area contributed by atoms with Crippen molar-refractivity contribution in [3.8, 4) is 0 Å². The topological polar surface area (TPSA) is 12.0 Å². The van der Waals surface area contributed by atoms with Crippen LogP contribution in [0, 0.1) is 17.6 Å². The molecular formula is C13H18ClF2N. The third kappa shape index (κ3) is 5.46. The van der Waals surface area contributed by atoms with Gasteiger partial charge in [0.15, 0.2) is 11.6 Å². The summed E-state index contributed by atoms with van der Waals surface area (Å²) in [6.45, 7) is 5.40. The van der Waals surface area contributed by atoms with E-state index in [1.54, 1.807) is 6.07 Å². The maximum atomic E-state index is 12.9. The van der Waals surface area contributed by atoms with Gasteiger partial charge in [0.1, 0.15) is 0 Å². The first-order valence-electron chi connectivity index (χ1n) is 5.77. The van der Waals surface area contributed by atoms with Gasteiger partial charge in [0.05, 0.1) is 0 Å². The Balaban J connectivity index is 2.33. The van der Waals surface area contributed by atoms with Gasteiger partial charge >= 0.3 is 0 Å². The van der Waals surface area contributed by atoms with Gasteiger partial charge in [-0.2, -0.15) is 0 Å². The minimum Gasteiger partial charge on any atom is -0.311 e. The summed E-state index contributed by atoms with van der Waals surface area (Å²) in [5.74, 6) is -1.07. The fourth-order valence-corrected chi connectivity index (χ4v) is 2.08. The molecule has 1 unspecified atom stereocenters. The minimum atomic E-state index is -0.816. The van der Waals surface area contributed by atoms with Crippen molar-refractivity contribution in [3.05, 3.63) is 35.4 Å². The second-order valence-electron chi connectivity index (χ2n) is 4.61. The molecule has 96 valence electrons. The SMILES string of the molecule is CC(C)CC(Cl)CNCc1ccc(F)c(F)c1. The Morgan fingerprint density at radius 3 is 2.53 bits per heavy atom. The van der Waals surface area contributed by atoms with Crippen molar-refractivity contribution in [1.82, 2.24) is 5.32 Å². The van der Waals surface area contributed by atoms with Gasteiger partial charge in [-0.1, -0.05) is 19.9 Å². The highest BCUT2D eigenvalue weighted by molar-refractivity contribution is 6.20. The van der Waals surface area contributed by atoms with E-state index in [9.17, 15) is 8.78 Å². The fraction of sp³-hybridized carbons (Fsp3) is 0.538. The zero-order chi connectivity index (χ0) is 12.8. The molecule has 0 aliphatic heterocycles. The van der Waals surface area contributed by atoms with E-state index in [1.165, 1.54) is 6.07 Å². The highest BCUT2D eigenvalue weighted by Crippen LogP contribution is 2.11. The first-order chi connectivity index (χ1) is 7.99. The number of hydrogen-bond donors (Lipinski definition) is 1. The zero-order valence-electron chi connectivity index (χ0n) is 10.1. The molecule has 0 aromatic heterocycles. The lowest BCUT2D eigenvalue weighted by molar-refractivity contribution is 0.504. The summed E-state index contributed by atoms with van der Waals surface area (Å²) in [7, 11) is 0. The lowest BCUT2D eigenvalue weighted by Crippen LogP contribution is -2.24. The maximum absolute atomic E-state index is 12.9. The smallest absolute Gasteiger partial charge is 0.159 e. The molecule has 0 radical (unpaired) electrons. The lowest BCUT2D eigenvalue weighted by atomic mass is 10.1. The van der Waals surface area contributed by atoms with Gasteiger partial charge in [-0.25, -0.2) is 8.78 Å². The fourth-order valence-electron chi connectivity index (χ4n) is 1.62. The molecule has 1 atom stereocenters. The number of alkyl halides is 1. The molecule has 0 aliphatic carbocycles. The van der Waals surface area contributed by atoms with Crippen LogP contribution < -0.4 is 5.32 Å². The molecule has 0 saturated carbocycles. The van der Waals surface area contributed by atoms with E-state index in [0.717, 1.165) is 18.1 Å². The Labute approximate surface area is 106 Å². The average molecular weight is 262 g/mol. The maximum Gasteiger partial charge on any atom is 0.159 e. The second kappa shape index (κ2) is 6.92. The quantitative estimate of drug-likeness (QED) is 0.770. The van der Waals surface area contributed by atoms with Gasteiger partial charge in [0, 0.05) is 18.5 Å². The molecule has 0 aliphatic rings. The monoisotopic (exact) mass is 261 g/mol. The van der Waals surface area contributed by atoms with Crippen LogP contribution in [-0.4, -0.2) is 11.9 Å². The summed E-state index contributed by atoms with van der Waals surface area (Å²) >= 11 is 6.10. The van der Waals surface area contributed by atoms with E-state index in [2.05, 4.69) is 19.2 Å². The standard InChI is InChI=1S/C13H18ClF2N/c1-9(2)5-11(14)8-17-7-10-3-4-12(15)13(16)6-10/h3-4,6,9,11,17H,5,7-8H2,1-2H3. The van der Waals surface area contributed by atoms with Gasteiger partial charge in [0.2, 0.25) is 0 Å². The van der Waals surface area contributed by atoms with Gasteiger partial charge in [0.25, 0.3) is 0 Å². The molecule has 0 amide bonds. The van der Waals surface area contributed by atoms with E-state index < -0.39 is 11.6 Å². The van der Waals surface area contributed by atoms with Crippen LogP contribution in [0.15, 0.2) is 18.2 Å². The van der Waals surface area contributed by atoms with E-state index in [-0.39, 0.29) is 5.38 Å². The average Bonchev–Trinajstić information content (AvgIpc) is 2.22. The van der Waals surface area contributed by atoms with Crippen LogP contribution in [0.5, 0.6) is 0 Å². The molecule has 0 spiro atoms.